The Morgan fingerprint density at radius 3 is 2.48 bits per heavy atom. The highest BCUT2D eigenvalue weighted by molar-refractivity contribution is 5.99. The predicted molar refractivity (Wildman–Crippen MR) is 87.7 cm³/mol. The zero-order valence-electron chi connectivity index (χ0n) is 12.3. The van der Waals surface area contributed by atoms with E-state index in [2.05, 4.69) is 22.4 Å². The highest BCUT2D eigenvalue weighted by Crippen LogP contribution is 2.11. The molecule has 0 spiro atoms. The average Bonchev–Trinajstić information content (AvgIpc) is 2.53. The van der Waals surface area contributed by atoms with Crippen LogP contribution in [0.3, 0.4) is 0 Å². The van der Waals surface area contributed by atoms with Crippen LogP contribution in [-0.2, 0) is 0 Å². The molecule has 0 aliphatic heterocycles. The third-order valence-electron chi connectivity index (χ3n) is 2.68. The molecule has 3 heteroatoms. The van der Waals surface area contributed by atoms with Crippen LogP contribution in [0.15, 0.2) is 59.7 Å². The summed E-state index contributed by atoms with van der Waals surface area (Å²) in [4.78, 5) is 0. The van der Waals surface area contributed by atoms with E-state index in [-0.39, 0.29) is 0 Å². The number of hydrogen-bond acceptors (Lipinski definition) is 3. The SMILES string of the molecule is CCOc1ccc(C#C/C(C)=N/Nc2ccccc2)cc1. The number of ether oxygens (including phenoxy) is 1. The summed E-state index contributed by atoms with van der Waals surface area (Å²) in [5, 5.41) is 4.22. The second-order valence-electron chi connectivity index (χ2n) is 4.38. The lowest BCUT2D eigenvalue weighted by Crippen LogP contribution is -1.94. The van der Waals surface area contributed by atoms with Crippen LogP contribution in [0.5, 0.6) is 5.75 Å². The molecule has 2 rings (SSSR count). The summed E-state index contributed by atoms with van der Waals surface area (Å²) in [6.45, 7) is 4.51. The summed E-state index contributed by atoms with van der Waals surface area (Å²) in [6, 6.07) is 17.5. The zero-order valence-corrected chi connectivity index (χ0v) is 12.3. The van der Waals surface area contributed by atoms with Crippen LogP contribution in [0.1, 0.15) is 19.4 Å². The van der Waals surface area contributed by atoms with Gasteiger partial charge in [0.25, 0.3) is 0 Å². The fraction of sp³-hybridized carbons (Fsp3) is 0.167. The Kier molecular flexibility index (Phi) is 5.42. The first-order valence-electron chi connectivity index (χ1n) is 6.88. The number of rotatable bonds is 4. The third kappa shape index (κ3) is 5.04. The van der Waals surface area contributed by atoms with E-state index < -0.39 is 0 Å². The lowest BCUT2D eigenvalue weighted by atomic mass is 10.2. The van der Waals surface area contributed by atoms with Gasteiger partial charge in [-0.05, 0) is 56.2 Å². The maximum atomic E-state index is 5.39. The van der Waals surface area contributed by atoms with Crippen molar-refractivity contribution >= 4 is 11.4 Å². The minimum absolute atomic E-state index is 0.669. The van der Waals surface area contributed by atoms with Gasteiger partial charge in [-0.2, -0.15) is 5.10 Å². The van der Waals surface area contributed by atoms with E-state index in [1.54, 1.807) is 0 Å². The van der Waals surface area contributed by atoms with E-state index in [1.165, 1.54) is 0 Å². The standard InChI is InChI=1S/C18H18N2O/c1-3-21-18-13-11-16(12-14-18)10-9-15(2)19-20-17-7-5-4-6-8-17/h4-8,11-14,20H,3H2,1-2H3/b19-15+. The topological polar surface area (TPSA) is 33.6 Å². The van der Waals surface area contributed by atoms with Gasteiger partial charge in [-0.25, -0.2) is 0 Å². The molecule has 0 unspecified atom stereocenters. The van der Waals surface area contributed by atoms with Crippen molar-refractivity contribution in [2.45, 2.75) is 13.8 Å². The van der Waals surface area contributed by atoms with Gasteiger partial charge in [-0.3, -0.25) is 5.43 Å². The zero-order chi connectivity index (χ0) is 14.9. The number of anilines is 1. The Bertz CT molecular complexity index is 649. The molecule has 2 aromatic rings. The van der Waals surface area contributed by atoms with E-state index in [0.29, 0.717) is 6.61 Å². The van der Waals surface area contributed by atoms with Gasteiger partial charge in [-0.15, -0.1) is 0 Å². The second kappa shape index (κ2) is 7.76. The minimum atomic E-state index is 0.669. The molecule has 3 nitrogen and oxygen atoms in total. The molecule has 0 aromatic heterocycles. The van der Waals surface area contributed by atoms with Crippen LogP contribution in [0, 0.1) is 11.8 Å². The van der Waals surface area contributed by atoms with Gasteiger partial charge in [0.05, 0.1) is 12.3 Å². The highest BCUT2D eigenvalue weighted by Gasteiger charge is 1.92. The molecular formula is C18H18N2O. The lowest BCUT2D eigenvalue weighted by Gasteiger charge is -2.01. The Labute approximate surface area is 125 Å². The molecule has 0 saturated carbocycles. The Morgan fingerprint density at radius 2 is 1.81 bits per heavy atom. The molecule has 0 radical (unpaired) electrons. The van der Waals surface area contributed by atoms with Crippen LogP contribution in [-0.4, -0.2) is 12.3 Å². The summed E-state index contributed by atoms with van der Waals surface area (Å²) in [5.41, 5.74) is 5.58. The van der Waals surface area contributed by atoms with E-state index in [4.69, 9.17) is 4.74 Å². The normalized spacial score (nSPS) is 10.5. The predicted octanol–water partition coefficient (Wildman–Crippen LogP) is 3.92. The van der Waals surface area contributed by atoms with Gasteiger partial charge in [0, 0.05) is 5.56 Å². The quantitative estimate of drug-likeness (QED) is 0.522. The summed E-state index contributed by atoms with van der Waals surface area (Å²) in [7, 11) is 0. The number of benzene rings is 2. The van der Waals surface area contributed by atoms with E-state index in [0.717, 1.165) is 22.7 Å². The maximum absolute atomic E-state index is 5.39. The largest absolute Gasteiger partial charge is 0.494 e. The maximum Gasteiger partial charge on any atom is 0.119 e. The number of nitrogens with zero attached hydrogens (tertiary/aromatic N) is 1. The molecule has 2 aromatic carbocycles. The van der Waals surface area contributed by atoms with Crippen molar-refractivity contribution in [1.29, 1.82) is 0 Å². The molecule has 0 atom stereocenters. The molecule has 21 heavy (non-hydrogen) atoms. The van der Waals surface area contributed by atoms with Crippen LogP contribution < -0.4 is 10.2 Å². The molecule has 0 bridgehead atoms. The highest BCUT2D eigenvalue weighted by atomic mass is 16.5. The van der Waals surface area contributed by atoms with Gasteiger partial charge >= 0.3 is 0 Å². The van der Waals surface area contributed by atoms with Gasteiger partial charge < -0.3 is 4.74 Å². The summed E-state index contributed by atoms with van der Waals surface area (Å²) < 4.78 is 5.39. The van der Waals surface area contributed by atoms with Crippen LogP contribution in [0.25, 0.3) is 0 Å². The lowest BCUT2D eigenvalue weighted by molar-refractivity contribution is 0.340. The van der Waals surface area contributed by atoms with Crippen LogP contribution in [0.4, 0.5) is 5.69 Å². The van der Waals surface area contributed by atoms with Crippen molar-refractivity contribution in [3.8, 4) is 17.6 Å². The van der Waals surface area contributed by atoms with Gasteiger partial charge in [-0.1, -0.05) is 24.1 Å². The van der Waals surface area contributed by atoms with Crippen molar-refractivity contribution in [2.24, 2.45) is 5.10 Å². The van der Waals surface area contributed by atoms with Crippen molar-refractivity contribution < 1.29 is 4.74 Å². The monoisotopic (exact) mass is 278 g/mol. The van der Waals surface area contributed by atoms with E-state index in [9.17, 15) is 0 Å². The van der Waals surface area contributed by atoms with Gasteiger partial charge in [0.2, 0.25) is 0 Å². The molecule has 0 aliphatic carbocycles. The second-order valence-corrected chi connectivity index (χ2v) is 4.38. The molecule has 0 heterocycles. The minimum Gasteiger partial charge on any atom is -0.494 e. The molecule has 0 amide bonds. The van der Waals surface area contributed by atoms with Crippen molar-refractivity contribution in [3.05, 3.63) is 60.2 Å². The fourth-order valence-corrected chi connectivity index (χ4v) is 1.65. The Hall–Kier alpha value is -2.73. The van der Waals surface area contributed by atoms with E-state index in [1.807, 2.05) is 68.4 Å². The molecular weight excluding hydrogens is 260 g/mol. The Balaban J connectivity index is 1.97. The fourth-order valence-electron chi connectivity index (χ4n) is 1.65. The van der Waals surface area contributed by atoms with E-state index >= 15 is 0 Å². The number of hydrogen-bond donors (Lipinski definition) is 1. The van der Waals surface area contributed by atoms with Crippen molar-refractivity contribution in [3.63, 3.8) is 0 Å². The average molecular weight is 278 g/mol. The molecule has 0 fully saturated rings. The van der Waals surface area contributed by atoms with Crippen LogP contribution in [0.2, 0.25) is 0 Å². The third-order valence-corrected chi connectivity index (χ3v) is 2.68. The number of para-hydroxylation sites is 1. The van der Waals surface area contributed by atoms with Crippen LogP contribution >= 0.6 is 0 Å². The first-order chi connectivity index (χ1) is 10.3. The smallest absolute Gasteiger partial charge is 0.119 e. The molecule has 1 N–H and O–H groups in total. The van der Waals surface area contributed by atoms with Crippen molar-refractivity contribution in [2.75, 3.05) is 12.0 Å². The molecule has 0 aliphatic rings. The van der Waals surface area contributed by atoms with Gasteiger partial charge in [0.15, 0.2) is 0 Å². The number of nitrogens with one attached hydrogen (secondary N) is 1. The summed E-state index contributed by atoms with van der Waals surface area (Å²) in [5.74, 6) is 6.95. The molecule has 106 valence electrons. The van der Waals surface area contributed by atoms with Gasteiger partial charge in [0.1, 0.15) is 11.5 Å². The first-order valence-corrected chi connectivity index (χ1v) is 6.88. The number of hydrazone groups is 1. The summed E-state index contributed by atoms with van der Waals surface area (Å²) in [6.07, 6.45) is 0. The van der Waals surface area contributed by atoms with Crippen molar-refractivity contribution in [1.82, 2.24) is 0 Å². The first kappa shape index (κ1) is 14.7. The molecule has 0 saturated heterocycles. The Morgan fingerprint density at radius 1 is 1.10 bits per heavy atom. The summed E-state index contributed by atoms with van der Waals surface area (Å²) >= 11 is 0.